The predicted octanol–water partition coefficient (Wildman–Crippen LogP) is 1.79. The predicted molar refractivity (Wildman–Crippen MR) is 68.0 cm³/mol. The third-order valence-corrected chi connectivity index (χ3v) is 2.94. The van der Waals surface area contributed by atoms with Crippen LogP contribution in [0.25, 0.3) is 0 Å². The van der Waals surface area contributed by atoms with Gasteiger partial charge in [0, 0.05) is 17.5 Å². The number of rotatable bonds is 4. The van der Waals surface area contributed by atoms with E-state index in [9.17, 15) is 4.79 Å². The Morgan fingerprint density at radius 3 is 2.82 bits per heavy atom. The molecule has 0 fully saturated rings. The minimum absolute atomic E-state index is 0.000365. The van der Waals surface area contributed by atoms with Gasteiger partial charge in [-0.2, -0.15) is 0 Å². The molecule has 1 rings (SSSR count). The molecule has 0 saturated heterocycles. The molecule has 0 aliphatic heterocycles. The molecular weight excluding hydrogens is 214 g/mol. The number of ether oxygens (including phenoxy) is 1. The van der Waals surface area contributed by atoms with Crippen LogP contribution < -0.4 is 5.73 Å². The molecule has 2 unspecified atom stereocenters. The van der Waals surface area contributed by atoms with Crippen molar-refractivity contribution in [2.24, 2.45) is 11.7 Å². The van der Waals surface area contributed by atoms with Gasteiger partial charge in [0.05, 0.1) is 5.76 Å². The molecule has 0 aromatic carbocycles. The first-order valence-corrected chi connectivity index (χ1v) is 5.71. The second kappa shape index (κ2) is 5.70. The third-order valence-electron chi connectivity index (χ3n) is 2.94. The van der Waals surface area contributed by atoms with E-state index in [0.717, 1.165) is 17.6 Å². The highest BCUT2D eigenvalue weighted by Gasteiger charge is 2.26. The maximum absolute atomic E-state index is 10.8. The smallest absolute Gasteiger partial charge is 0.167 e. The summed E-state index contributed by atoms with van der Waals surface area (Å²) >= 11 is 0. The van der Waals surface area contributed by atoms with Crippen LogP contribution in [-0.2, 0) is 9.53 Å². The Balaban J connectivity index is 2.79. The van der Waals surface area contributed by atoms with E-state index in [-0.39, 0.29) is 24.3 Å². The Kier molecular flexibility index (Phi) is 4.53. The molecule has 3 heteroatoms. The van der Waals surface area contributed by atoms with E-state index in [1.165, 1.54) is 6.92 Å². The quantitative estimate of drug-likeness (QED) is 0.595. The van der Waals surface area contributed by atoms with E-state index in [1.54, 1.807) is 0 Å². The van der Waals surface area contributed by atoms with E-state index in [0.29, 0.717) is 5.76 Å². The van der Waals surface area contributed by atoms with Crippen molar-refractivity contribution in [1.29, 1.82) is 0 Å². The molecule has 1 aliphatic rings. The lowest BCUT2D eigenvalue weighted by molar-refractivity contribution is -0.120. The Labute approximate surface area is 103 Å². The zero-order valence-corrected chi connectivity index (χ0v) is 10.6. The second-order valence-electron chi connectivity index (χ2n) is 4.49. The van der Waals surface area contributed by atoms with Crippen molar-refractivity contribution in [2.75, 3.05) is 6.61 Å². The number of terminal acetylenes is 1. The Bertz CT molecular complexity index is 412. The van der Waals surface area contributed by atoms with Gasteiger partial charge in [-0.25, -0.2) is 0 Å². The van der Waals surface area contributed by atoms with E-state index >= 15 is 0 Å². The number of hydrogen-bond acceptors (Lipinski definition) is 3. The SMILES string of the molecule is C#CC1=C(C=C(C)OCC(C)=O)CC(N)C1C. The first-order valence-electron chi connectivity index (χ1n) is 5.71. The maximum atomic E-state index is 10.8. The average Bonchev–Trinajstić information content (AvgIpc) is 2.51. The van der Waals surface area contributed by atoms with Gasteiger partial charge in [-0.05, 0) is 31.9 Å². The summed E-state index contributed by atoms with van der Waals surface area (Å²) in [5.41, 5.74) is 7.97. The Hall–Kier alpha value is -1.53. The molecule has 0 aromatic rings. The molecule has 17 heavy (non-hydrogen) atoms. The van der Waals surface area contributed by atoms with Crippen molar-refractivity contribution in [1.82, 2.24) is 0 Å². The number of hydrogen-bond donors (Lipinski definition) is 1. The number of carbonyl (C=O) groups excluding carboxylic acids is 1. The van der Waals surface area contributed by atoms with Crippen LogP contribution in [0.4, 0.5) is 0 Å². The largest absolute Gasteiger partial charge is 0.490 e. The first kappa shape index (κ1) is 13.5. The summed E-state index contributed by atoms with van der Waals surface area (Å²) in [6.07, 6.45) is 8.14. The van der Waals surface area contributed by atoms with Gasteiger partial charge in [0.2, 0.25) is 0 Å². The van der Waals surface area contributed by atoms with Crippen LogP contribution in [0.2, 0.25) is 0 Å². The summed E-state index contributed by atoms with van der Waals surface area (Å²) in [6, 6.07) is 0.0768. The summed E-state index contributed by atoms with van der Waals surface area (Å²) in [6.45, 7) is 5.45. The van der Waals surface area contributed by atoms with Crippen LogP contribution >= 0.6 is 0 Å². The number of allylic oxidation sites excluding steroid dienone is 2. The fraction of sp³-hybridized carbons (Fsp3) is 0.500. The van der Waals surface area contributed by atoms with Gasteiger partial charge < -0.3 is 10.5 Å². The molecule has 0 bridgehead atoms. The van der Waals surface area contributed by atoms with Crippen LogP contribution in [0, 0.1) is 18.3 Å². The van der Waals surface area contributed by atoms with Gasteiger partial charge in [-0.1, -0.05) is 12.8 Å². The van der Waals surface area contributed by atoms with Crippen molar-refractivity contribution in [2.45, 2.75) is 33.2 Å². The molecule has 0 spiro atoms. The van der Waals surface area contributed by atoms with Gasteiger partial charge in [-0.15, -0.1) is 6.42 Å². The second-order valence-corrected chi connectivity index (χ2v) is 4.49. The van der Waals surface area contributed by atoms with Crippen molar-refractivity contribution < 1.29 is 9.53 Å². The Morgan fingerprint density at radius 2 is 2.29 bits per heavy atom. The van der Waals surface area contributed by atoms with Gasteiger partial charge in [0.15, 0.2) is 5.78 Å². The first-order chi connectivity index (χ1) is 7.95. The van der Waals surface area contributed by atoms with Crippen molar-refractivity contribution in [3.63, 3.8) is 0 Å². The van der Waals surface area contributed by atoms with Gasteiger partial charge in [0.25, 0.3) is 0 Å². The molecule has 1 aliphatic carbocycles. The number of nitrogens with two attached hydrogens (primary N) is 1. The lowest BCUT2D eigenvalue weighted by Crippen LogP contribution is -2.24. The zero-order valence-electron chi connectivity index (χ0n) is 10.6. The van der Waals surface area contributed by atoms with Crippen LogP contribution in [-0.4, -0.2) is 18.4 Å². The lowest BCUT2D eigenvalue weighted by atomic mass is 10.0. The standard InChI is InChI=1S/C14H19NO2/c1-5-13-11(4)14(15)7-12(13)6-10(3)17-8-9(2)16/h1,6,11,14H,7-8,15H2,2-4H3. The highest BCUT2D eigenvalue weighted by molar-refractivity contribution is 5.76. The minimum atomic E-state index is 0.000365. The monoisotopic (exact) mass is 233 g/mol. The summed E-state index contributed by atoms with van der Waals surface area (Å²) in [4.78, 5) is 10.8. The van der Waals surface area contributed by atoms with Gasteiger partial charge in [-0.3, -0.25) is 4.79 Å². The number of carbonyl (C=O) groups is 1. The van der Waals surface area contributed by atoms with E-state index in [2.05, 4.69) is 5.92 Å². The van der Waals surface area contributed by atoms with Gasteiger partial charge >= 0.3 is 0 Å². The maximum Gasteiger partial charge on any atom is 0.167 e. The lowest BCUT2D eigenvalue weighted by Gasteiger charge is -2.08. The molecular formula is C14H19NO2. The molecule has 0 saturated carbocycles. The molecule has 0 radical (unpaired) electrons. The van der Waals surface area contributed by atoms with Gasteiger partial charge in [0.1, 0.15) is 6.61 Å². The van der Waals surface area contributed by atoms with Crippen LogP contribution in [0.3, 0.4) is 0 Å². The molecule has 2 atom stereocenters. The summed E-state index contributed by atoms with van der Waals surface area (Å²) < 4.78 is 5.30. The molecule has 0 aromatic heterocycles. The van der Waals surface area contributed by atoms with Crippen LogP contribution in [0.15, 0.2) is 23.0 Å². The highest BCUT2D eigenvalue weighted by Crippen LogP contribution is 2.31. The van der Waals surface area contributed by atoms with Crippen molar-refractivity contribution >= 4 is 5.78 Å². The molecule has 0 heterocycles. The zero-order chi connectivity index (χ0) is 13.0. The van der Waals surface area contributed by atoms with Crippen LogP contribution in [0.1, 0.15) is 27.2 Å². The number of Topliss-reactive ketones (excluding diaryl/α,β-unsaturated/α-hetero) is 1. The van der Waals surface area contributed by atoms with Crippen LogP contribution in [0.5, 0.6) is 0 Å². The fourth-order valence-corrected chi connectivity index (χ4v) is 1.91. The molecule has 0 amide bonds. The normalized spacial score (nSPS) is 24.8. The molecule has 3 nitrogen and oxygen atoms in total. The van der Waals surface area contributed by atoms with Crippen molar-refractivity contribution in [3.05, 3.63) is 23.0 Å². The average molecular weight is 233 g/mol. The number of ketones is 1. The summed E-state index contributed by atoms with van der Waals surface area (Å²) in [7, 11) is 0. The fourth-order valence-electron chi connectivity index (χ4n) is 1.91. The van der Waals surface area contributed by atoms with E-state index in [1.807, 2.05) is 19.9 Å². The van der Waals surface area contributed by atoms with E-state index in [4.69, 9.17) is 16.9 Å². The van der Waals surface area contributed by atoms with Crippen molar-refractivity contribution in [3.8, 4) is 12.3 Å². The summed E-state index contributed by atoms with van der Waals surface area (Å²) in [5.74, 6) is 3.61. The Morgan fingerprint density at radius 1 is 1.65 bits per heavy atom. The minimum Gasteiger partial charge on any atom is -0.490 e. The highest BCUT2D eigenvalue weighted by atomic mass is 16.5. The molecule has 2 N–H and O–H groups in total. The van der Waals surface area contributed by atoms with E-state index < -0.39 is 0 Å². The molecule has 92 valence electrons. The third kappa shape index (κ3) is 3.47. The topological polar surface area (TPSA) is 52.3 Å². The summed E-state index contributed by atoms with van der Waals surface area (Å²) in [5, 5.41) is 0.